The number of rotatable bonds is 7. The smallest absolute Gasteiger partial charge is 0.359 e. The van der Waals surface area contributed by atoms with Gasteiger partial charge >= 0.3 is 6.18 Å². The molecule has 5 rings (SSSR count). The molecule has 0 atom stereocenters. The number of sulfonamides is 1. The summed E-state index contributed by atoms with van der Waals surface area (Å²) in [6.45, 7) is 3.27. The van der Waals surface area contributed by atoms with Crippen LogP contribution in [0.4, 0.5) is 19.0 Å². The summed E-state index contributed by atoms with van der Waals surface area (Å²) in [6, 6.07) is 14.0. The van der Waals surface area contributed by atoms with Gasteiger partial charge in [0.2, 0.25) is 0 Å². The monoisotopic (exact) mass is 554 g/mol. The molecule has 0 saturated carbocycles. The predicted octanol–water partition coefficient (Wildman–Crippen LogP) is 5.48. The van der Waals surface area contributed by atoms with Gasteiger partial charge in [-0.15, -0.1) is 0 Å². The second-order valence-electron chi connectivity index (χ2n) is 8.65. The van der Waals surface area contributed by atoms with E-state index in [-0.39, 0.29) is 17.3 Å². The summed E-state index contributed by atoms with van der Waals surface area (Å²) >= 11 is 0. The molecule has 0 saturated heterocycles. The molecular weight excluding hydrogens is 533 g/mol. The van der Waals surface area contributed by atoms with Crippen molar-refractivity contribution in [1.29, 1.82) is 0 Å². The lowest BCUT2D eigenvalue weighted by molar-refractivity contribution is -0.141. The standard InChI is InChI=1S/C26H21F3N6O3S/c1-16-17(2)38-33-24(16)34-39(36,37)22-7-4-3-6-21(22)20-9-8-18(25-30-11-5-12-31-25)14-19(20)15-35-13-10-23(32-35)26(27,28)29/h3-14H,15H2,1-2H3,(H,33,34). The first kappa shape index (κ1) is 26.1. The van der Waals surface area contributed by atoms with Crippen LogP contribution in [0.3, 0.4) is 0 Å². The fourth-order valence-corrected chi connectivity index (χ4v) is 5.25. The maximum absolute atomic E-state index is 13.5. The molecule has 1 N–H and O–H groups in total. The van der Waals surface area contributed by atoms with Crippen LogP contribution in [0.25, 0.3) is 22.5 Å². The summed E-state index contributed by atoms with van der Waals surface area (Å²) in [5, 5.41) is 7.45. The Bertz CT molecular complexity index is 1750. The van der Waals surface area contributed by atoms with E-state index in [1.807, 2.05) is 0 Å². The second-order valence-corrected chi connectivity index (χ2v) is 10.3. The van der Waals surface area contributed by atoms with Crippen LogP contribution in [-0.4, -0.2) is 33.3 Å². The molecule has 13 heteroatoms. The first-order valence-electron chi connectivity index (χ1n) is 11.6. The maximum atomic E-state index is 13.5. The molecule has 200 valence electrons. The van der Waals surface area contributed by atoms with Crippen LogP contribution in [0.2, 0.25) is 0 Å². The zero-order valence-corrected chi connectivity index (χ0v) is 21.5. The van der Waals surface area contributed by atoms with E-state index >= 15 is 0 Å². The number of nitrogens with zero attached hydrogens (tertiary/aromatic N) is 5. The highest BCUT2D eigenvalue weighted by atomic mass is 32.2. The summed E-state index contributed by atoms with van der Waals surface area (Å²) < 4.78 is 75.2. The number of nitrogens with one attached hydrogen (secondary N) is 1. The number of hydrogen-bond donors (Lipinski definition) is 1. The minimum Gasteiger partial charge on any atom is -0.359 e. The maximum Gasteiger partial charge on any atom is 0.435 e. The number of benzene rings is 2. The molecule has 0 aliphatic rings. The highest BCUT2D eigenvalue weighted by Gasteiger charge is 2.33. The number of anilines is 1. The zero-order valence-electron chi connectivity index (χ0n) is 20.6. The van der Waals surface area contributed by atoms with Gasteiger partial charge in [0, 0.05) is 35.3 Å². The number of halogens is 3. The van der Waals surface area contributed by atoms with Crippen molar-refractivity contribution in [2.75, 3.05) is 4.72 Å². The third-order valence-electron chi connectivity index (χ3n) is 6.05. The number of aryl methyl sites for hydroxylation is 1. The molecule has 5 aromatic rings. The van der Waals surface area contributed by atoms with Crippen molar-refractivity contribution in [3.05, 3.63) is 95.8 Å². The van der Waals surface area contributed by atoms with Crippen LogP contribution < -0.4 is 4.72 Å². The van der Waals surface area contributed by atoms with Crippen LogP contribution in [0, 0.1) is 13.8 Å². The molecule has 0 bridgehead atoms. The summed E-state index contributed by atoms with van der Waals surface area (Å²) in [6.07, 6.45) is -0.240. The molecule has 9 nitrogen and oxygen atoms in total. The molecule has 2 aromatic carbocycles. The van der Waals surface area contributed by atoms with Crippen molar-refractivity contribution < 1.29 is 26.1 Å². The molecular formula is C26H21F3N6O3S. The van der Waals surface area contributed by atoms with Gasteiger partial charge in [0.15, 0.2) is 17.3 Å². The van der Waals surface area contributed by atoms with Crippen molar-refractivity contribution >= 4 is 15.8 Å². The minimum atomic E-state index is -4.60. The molecule has 3 aromatic heterocycles. The lowest BCUT2D eigenvalue weighted by Crippen LogP contribution is -2.15. The van der Waals surface area contributed by atoms with Gasteiger partial charge in [-0.1, -0.05) is 35.5 Å². The van der Waals surface area contributed by atoms with Crippen LogP contribution in [0.15, 0.2) is 82.6 Å². The third-order valence-corrected chi connectivity index (χ3v) is 7.44. The Balaban J connectivity index is 1.62. The average molecular weight is 555 g/mol. The molecule has 39 heavy (non-hydrogen) atoms. The largest absolute Gasteiger partial charge is 0.435 e. The zero-order chi connectivity index (χ0) is 27.8. The molecule has 0 radical (unpaired) electrons. The first-order chi connectivity index (χ1) is 18.5. The highest BCUT2D eigenvalue weighted by Crippen LogP contribution is 2.34. The number of hydrogen-bond acceptors (Lipinski definition) is 7. The van der Waals surface area contributed by atoms with Crippen LogP contribution in [0.5, 0.6) is 0 Å². The van der Waals surface area contributed by atoms with Crippen molar-refractivity contribution in [3.8, 4) is 22.5 Å². The molecule has 3 heterocycles. The van der Waals surface area contributed by atoms with E-state index in [4.69, 9.17) is 4.52 Å². The number of alkyl halides is 3. The average Bonchev–Trinajstić information content (AvgIpc) is 3.51. The highest BCUT2D eigenvalue weighted by molar-refractivity contribution is 7.92. The fourth-order valence-electron chi connectivity index (χ4n) is 3.97. The van der Waals surface area contributed by atoms with Crippen molar-refractivity contribution in [3.63, 3.8) is 0 Å². The van der Waals surface area contributed by atoms with E-state index in [2.05, 4.69) is 24.9 Å². The van der Waals surface area contributed by atoms with Gasteiger partial charge in [-0.05, 0) is 49.2 Å². The van der Waals surface area contributed by atoms with Gasteiger partial charge in [0.1, 0.15) is 5.76 Å². The molecule has 0 aliphatic carbocycles. The summed E-state index contributed by atoms with van der Waals surface area (Å²) in [5.41, 5.74) is 1.44. The third kappa shape index (κ3) is 5.39. The minimum absolute atomic E-state index is 0.0496. The Morgan fingerprint density at radius 3 is 2.38 bits per heavy atom. The Labute approximate surface area is 221 Å². The van der Waals surface area contributed by atoms with E-state index in [0.29, 0.717) is 39.4 Å². The van der Waals surface area contributed by atoms with E-state index in [9.17, 15) is 21.6 Å². The van der Waals surface area contributed by atoms with Crippen LogP contribution in [0.1, 0.15) is 22.6 Å². The topological polar surface area (TPSA) is 116 Å². The predicted molar refractivity (Wildman–Crippen MR) is 136 cm³/mol. The van der Waals surface area contributed by atoms with E-state index in [0.717, 1.165) is 10.7 Å². The van der Waals surface area contributed by atoms with Crippen molar-refractivity contribution in [2.24, 2.45) is 0 Å². The van der Waals surface area contributed by atoms with Crippen LogP contribution >= 0.6 is 0 Å². The first-order valence-corrected chi connectivity index (χ1v) is 13.1. The van der Waals surface area contributed by atoms with E-state index < -0.39 is 21.9 Å². The Hall–Kier alpha value is -4.52. The molecule has 0 fully saturated rings. The van der Waals surface area contributed by atoms with Gasteiger partial charge in [-0.3, -0.25) is 9.40 Å². The Morgan fingerprint density at radius 2 is 1.72 bits per heavy atom. The Morgan fingerprint density at radius 1 is 0.974 bits per heavy atom. The fraction of sp³-hybridized carbons (Fsp3) is 0.154. The van der Waals surface area contributed by atoms with Gasteiger partial charge in [0.25, 0.3) is 10.0 Å². The molecule has 0 unspecified atom stereocenters. The second kappa shape index (κ2) is 9.98. The van der Waals surface area contributed by atoms with Gasteiger partial charge in [0.05, 0.1) is 11.4 Å². The Kier molecular flexibility index (Phi) is 6.68. The molecule has 0 aliphatic heterocycles. The van der Waals surface area contributed by atoms with Crippen LogP contribution in [-0.2, 0) is 22.7 Å². The van der Waals surface area contributed by atoms with Gasteiger partial charge in [-0.25, -0.2) is 18.4 Å². The van der Waals surface area contributed by atoms with Gasteiger partial charge in [-0.2, -0.15) is 18.3 Å². The summed E-state index contributed by atoms with van der Waals surface area (Å²) in [7, 11) is -4.14. The number of aromatic nitrogens is 5. The molecule has 0 amide bonds. The van der Waals surface area contributed by atoms with Crippen molar-refractivity contribution in [1.82, 2.24) is 24.9 Å². The lowest BCUT2D eigenvalue weighted by Gasteiger charge is -2.16. The van der Waals surface area contributed by atoms with Gasteiger partial charge < -0.3 is 4.52 Å². The van der Waals surface area contributed by atoms with E-state index in [1.54, 1.807) is 68.7 Å². The SMILES string of the molecule is Cc1onc(NS(=O)(=O)c2ccccc2-c2ccc(-c3ncccn3)cc2Cn2ccc(C(F)(F)F)n2)c1C. The lowest BCUT2D eigenvalue weighted by atomic mass is 9.97. The summed E-state index contributed by atoms with van der Waals surface area (Å²) in [4.78, 5) is 8.44. The van der Waals surface area contributed by atoms with Crippen molar-refractivity contribution in [2.45, 2.75) is 31.5 Å². The molecule has 0 spiro atoms. The normalized spacial score (nSPS) is 12.0. The summed E-state index contributed by atoms with van der Waals surface area (Å²) in [5.74, 6) is 0.941. The van der Waals surface area contributed by atoms with E-state index in [1.165, 1.54) is 12.3 Å². The quantitative estimate of drug-likeness (QED) is 0.283.